The maximum atomic E-state index is 14.0. The van der Waals surface area contributed by atoms with Crippen molar-refractivity contribution in [3.63, 3.8) is 0 Å². The fourth-order valence-electron chi connectivity index (χ4n) is 2.35. The molecule has 2 rings (SSSR count). The first kappa shape index (κ1) is 15.3. The number of likely N-dealkylation sites (N-methyl/N-ethyl adjacent to an activating group) is 1. The van der Waals surface area contributed by atoms with E-state index in [0.717, 1.165) is 12.8 Å². The molecule has 114 valence electrons. The first-order valence-corrected chi connectivity index (χ1v) is 6.47. The monoisotopic (exact) mass is 299 g/mol. The molecule has 21 heavy (non-hydrogen) atoms. The van der Waals surface area contributed by atoms with Gasteiger partial charge in [0, 0.05) is 19.6 Å². The molecule has 1 atom stereocenters. The summed E-state index contributed by atoms with van der Waals surface area (Å²) in [5, 5.41) is 10.7. The Morgan fingerprint density at radius 2 is 2.14 bits per heavy atom. The van der Waals surface area contributed by atoms with Crippen molar-refractivity contribution in [3.05, 3.63) is 39.4 Å². The molecule has 2 N–H and O–H groups in total. The van der Waals surface area contributed by atoms with Crippen molar-refractivity contribution in [1.29, 1.82) is 0 Å². The lowest BCUT2D eigenvalue weighted by Crippen LogP contribution is -2.43. The number of halogens is 2. The maximum absolute atomic E-state index is 14.0. The van der Waals surface area contributed by atoms with E-state index in [1.165, 1.54) is 11.9 Å². The summed E-state index contributed by atoms with van der Waals surface area (Å²) in [6.45, 7) is 0.200. The maximum Gasteiger partial charge on any atom is 0.308 e. The molecule has 1 fully saturated rings. The number of hydrogen-bond acceptors (Lipinski definition) is 4. The number of nitrogens with zero attached hydrogens (tertiary/aromatic N) is 2. The van der Waals surface area contributed by atoms with Crippen LogP contribution in [0.15, 0.2) is 12.1 Å². The highest BCUT2D eigenvalue weighted by Gasteiger charge is 2.36. The highest BCUT2D eigenvalue weighted by atomic mass is 19.1. The average Bonchev–Trinajstić information content (AvgIpc) is 3.25. The van der Waals surface area contributed by atoms with Crippen molar-refractivity contribution in [2.24, 2.45) is 11.7 Å². The number of amides is 1. The average molecular weight is 299 g/mol. The van der Waals surface area contributed by atoms with Gasteiger partial charge in [-0.3, -0.25) is 14.9 Å². The second kappa shape index (κ2) is 5.72. The Kier molecular flexibility index (Phi) is 4.17. The molecule has 6 nitrogen and oxygen atoms in total. The molecule has 1 unspecified atom stereocenters. The third-order valence-corrected chi connectivity index (χ3v) is 3.67. The summed E-state index contributed by atoms with van der Waals surface area (Å²) in [6.07, 6.45) is 1.84. The van der Waals surface area contributed by atoms with E-state index in [2.05, 4.69) is 0 Å². The zero-order valence-corrected chi connectivity index (χ0v) is 11.4. The number of benzene rings is 1. The van der Waals surface area contributed by atoms with Crippen molar-refractivity contribution >= 4 is 11.6 Å². The minimum absolute atomic E-state index is 0.200. The fraction of sp³-hybridized carbons (Fsp3) is 0.462. The summed E-state index contributed by atoms with van der Waals surface area (Å²) in [6, 6.07) is 0.842. The predicted octanol–water partition coefficient (Wildman–Crippen LogP) is 1.68. The molecular weight excluding hydrogens is 284 g/mol. The smallest absolute Gasteiger partial charge is 0.308 e. The van der Waals surface area contributed by atoms with Crippen LogP contribution in [0.25, 0.3) is 0 Å². The molecule has 1 aromatic carbocycles. The van der Waals surface area contributed by atoms with E-state index in [0.29, 0.717) is 12.1 Å². The van der Waals surface area contributed by atoms with Gasteiger partial charge in [-0.15, -0.1) is 0 Å². The second-order valence-electron chi connectivity index (χ2n) is 5.10. The summed E-state index contributed by atoms with van der Waals surface area (Å²) < 4.78 is 27.4. The summed E-state index contributed by atoms with van der Waals surface area (Å²) in [5.74, 6) is -2.92. The third kappa shape index (κ3) is 2.99. The van der Waals surface area contributed by atoms with Crippen LogP contribution >= 0.6 is 0 Å². The van der Waals surface area contributed by atoms with Crippen molar-refractivity contribution < 1.29 is 18.5 Å². The Morgan fingerprint density at radius 3 is 2.62 bits per heavy atom. The van der Waals surface area contributed by atoms with Crippen LogP contribution in [0.3, 0.4) is 0 Å². The third-order valence-electron chi connectivity index (χ3n) is 3.67. The van der Waals surface area contributed by atoms with E-state index in [-0.39, 0.29) is 18.5 Å². The Hall–Kier alpha value is -2.09. The van der Waals surface area contributed by atoms with Crippen LogP contribution in [-0.2, 0) is 0 Å². The van der Waals surface area contributed by atoms with E-state index in [1.807, 2.05) is 0 Å². The van der Waals surface area contributed by atoms with Gasteiger partial charge in [0.25, 0.3) is 5.91 Å². The molecule has 1 saturated carbocycles. The molecule has 0 aliphatic heterocycles. The molecular formula is C13H15F2N3O3. The van der Waals surface area contributed by atoms with Gasteiger partial charge in [-0.25, -0.2) is 4.39 Å². The predicted molar refractivity (Wildman–Crippen MR) is 70.7 cm³/mol. The minimum Gasteiger partial charge on any atom is -0.337 e. The highest BCUT2D eigenvalue weighted by molar-refractivity contribution is 5.95. The molecule has 8 heteroatoms. The van der Waals surface area contributed by atoms with Gasteiger partial charge in [0.05, 0.1) is 16.6 Å². The van der Waals surface area contributed by atoms with Crippen LogP contribution in [0.2, 0.25) is 0 Å². The SMILES string of the molecule is CN(C(=O)c1cc(F)cc([N+](=O)[O-])c1F)C(CN)C1CC1. The van der Waals surface area contributed by atoms with Crippen molar-refractivity contribution in [1.82, 2.24) is 4.90 Å². The lowest BCUT2D eigenvalue weighted by atomic mass is 10.1. The standard InChI is InChI=1S/C13H15F2N3O3/c1-17(11(6-16)7-2-3-7)13(19)9-4-8(14)5-10(12(9)15)18(20)21/h4-5,7,11H,2-3,6,16H2,1H3. The fourth-order valence-corrected chi connectivity index (χ4v) is 2.35. The quantitative estimate of drug-likeness (QED) is 0.661. The van der Waals surface area contributed by atoms with Crippen molar-refractivity contribution in [3.8, 4) is 0 Å². The largest absolute Gasteiger partial charge is 0.337 e. The van der Waals surface area contributed by atoms with Crippen LogP contribution in [0.1, 0.15) is 23.2 Å². The molecule has 0 heterocycles. The van der Waals surface area contributed by atoms with Gasteiger partial charge >= 0.3 is 5.69 Å². The van der Waals surface area contributed by atoms with Gasteiger partial charge in [-0.2, -0.15) is 4.39 Å². The van der Waals surface area contributed by atoms with Crippen molar-refractivity contribution in [2.45, 2.75) is 18.9 Å². The van der Waals surface area contributed by atoms with E-state index in [4.69, 9.17) is 5.73 Å². The topological polar surface area (TPSA) is 89.5 Å². The van der Waals surface area contributed by atoms with E-state index in [1.54, 1.807) is 0 Å². The van der Waals surface area contributed by atoms with Crippen molar-refractivity contribution in [2.75, 3.05) is 13.6 Å². The Labute approximate surface area is 119 Å². The molecule has 1 aliphatic carbocycles. The molecule has 1 aliphatic rings. The number of nitrogens with two attached hydrogens (primary N) is 1. The van der Waals surface area contributed by atoms with Gasteiger partial charge in [-0.05, 0) is 24.8 Å². The summed E-state index contributed by atoms with van der Waals surface area (Å²) >= 11 is 0. The number of nitro benzene ring substituents is 1. The van der Waals surface area contributed by atoms with Crippen LogP contribution in [0, 0.1) is 27.7 Å². The molecule has 0 spiro atoms. The number of nitro groups is 1. The van der Waals surface area contributed by atoms with E-state index in [9.17, 15) is 23.7 Å². The number of hydrogen-bond donors (Lipinski definition) is 1. The normalized spacial score (nSPS) is 15.6. The van der Waals surface area contributed by atoms with Gasteiger partial charge in [-0.1, -0.05) is 0 Å². The summed E-state index contributed by atoms with van der Waals surface area (Å²) in [5.41, 5.74) is 3.90. The highest BCUT2D eigenvalue weighted by Crippen LogP contribution is 2.35. The van der Waals surface area contributed by atoms with E-state index < -0.39 is 33.7 Å². The molecule has 1 amide bonds. The number of rotatable bonds is 5. The minimum atomic E-state index is -1.33. The Balaban J connectivity index is 2.36. The van der Waals surface area contributed by atoms with Crippen LogP contribution < -0.4 is 5.73 Å². The first-order chi connectivity index (χ1) is 9.86. The van der Waals surface area contributed by atoms with E-state index >= 15 is 0 Å². The lowest BCUT2D eigenvalue weighted by Gasteiger charge is -2.27. The number of carbonyl (C=O) groups is 1. The zero-order chi connectivity index (χ0) is 15.7. The Bertz CT molecular complexity index is 590. The molecule has 0 bridgehead atoms. The lowest BCUT2D eigenvalue weighted by molar-refractivity contribution is -0.387. The van der Waals surface area contributed by atoms with Gasteiger partial charge in [0.2, 0.25) is 5.82 Å². The first-order valence-electron chi connectivity index (χ1n) is 6.47. The van der Waals surface area contributed by atoms with Crippen LogP contribution in [-0.4, -0.2) is 35.4 Å². The molecule has 0 aromatic heterocycles. The summed E-state index contributed by atoms with van der Waals surface area (Å²) in [4.78, 5) is 23.1. The number of carbonyl (C=O) groups excluding carboxylic acids is 1. The summed E-state index contributed by atoms with van der Waals surface area (Å²) in [7, 11) is 1.44. The van der Waals surface area contributed by atoms with Gasteiger partial charge in [0.15, 0.2) is 0 Å². The Morgan fingerprint density at radius 1 is 1.52 bits per heavy atom. The molecule has 0 saturated heterocycles. The van der Waals surface area contributed by atoms with Gasteiger partial charge < -0.3 is 10.6 Å². The molecule has 1 aromatic rings. The van der Waals surface area contributed by atoms with Crippen LogP contribution in [0.5, 0.6) is 0 Å². The van der Waals surface area contributed by atoms with Gasteiger partial charge in [0.1, 0.15) is 5.82 Å². The zero-order valence-electron chi connectivity index (χ0n) is 11.4. The molecule has 0 radical (unpaired) electrons. The van der Waals surface area contributed by atoms with Crippen LogP contribution in [0.4, 0.5) is 14.5 Å². The second-order valence-corrected chi connectivity index (χ2v) is 5.10.